The Hall–Kier alpha value is -2.30. The highest BCUT2D eigenvalue weighted by atomic mass is 16.2. The summed E-state index contributed by atoms with van der Waals surface area (Å²) in [5.74, 6) is -0.126. The lowest BCUT2D eigenvalue weighted by atomic mass is 10.3. The Morgan fingerprint density at radius 1 is 1.33 bits per heavy atom. The minimum atomic E-state index is -0.126. The van der Waals surface area contributed by atoms with Gasteiger partial charge in [-0.3, -0.25) is 9.59 Å². The summed E-state index contributed by atoms with van der Waals surface area (Å²) < 4.78 is 3.52. The summed E-state index contributed by atoms with van der Waals surface area (Å²) in [6, 6.07) is 1.66. The maximum absolute atomic E-state index is 12.1. The number of aromatic nitrogens is 2. The molecule has 0 bridgehead atoms. The maximum Gasteiger partial charge on any atom is 0.272 e. The lowest BCUT2D eigenvalue weighted by Gasteiger charge is -2.05. The molecule has 2 heterocycles. The summed E-state index contributed by atoms with van der Waals surface area (Å²) in [4.78, 5) is 22.9. The summed E-state index contributed by atoms with van der Waals surface area (Å²) >= 11 is 0. The molecule has 5 nitrogen and oxygen atoms in total. The molecule has 92 valence electrons. The van der Waals surface area contributed by atoms with E-state index in [1.807, 2.05) is 17.8 Å². The maximum atomic E-state index is 12.1. The fourth-order valence-electron chi connectivity index (χ4n) is 2.27. The summed E-state index contributed by atoms with van der Waals surface area (Å²) in [7, 11) is 3.63. The largest absolute Gasteiger partial charge is 0.346 e. The van der Waals surface area contributed by atoms with E-state index in [0.29, 0.717) is 17.1 Å². The molecule has 5 heteroatoms. The number of hydrogen-bond acceptors (Lipinski definition) is 2. The van der Waals surface area contributed by atoms with Crippen molar-refractivity contribution in [2.45, 2.75) is 6.42 Å². The highest BCUT2D eigenvalue weighted by Gasteiger charge is 2.29. The smallest absolute Gasteiger partial charge is 0.272 e. The molecule has 2 aromatic heterocycles. The van der Waals surface area contributed by atoms with Crippen LogP contribution in [0.3, 0.4) is 0 Å². The van der Waals surface area contributed by atoms with E-state index in [1.54, 1.807) is 23.9 Å². The quantitative estimate of drug-likeness (QED) is 0.706. The van der Waals surface area contributed by atoms with E-state index in [0.717, 1.165) is 18.3 Å². The molecule has 2 aromatic rings. The lowest BCUT2D eigenvalue weighted by molar-refractivity contribution is 0.101. The first-order valence-corrected chi connectivity index (χ1v) is 5.70. The van der Waals surface area contributed by atoms with Crippen LogP contribution in [0.2, 0.25) is 0 Å². The van der Waals surface area contributed by atoms with Crippen molar-refractivity contribution in [2.24, 2.45) is 14.1 Å². The molecule has 1 amide bonds. The molecular formula is C13H13N3O2. The topological polar surface area (TPSA) is 56.0 Å². The average Bonchev–Trinajstić information content (AvgIpc) is 2.82. The minimum absolute atomic E-state index is 0.126. The number of anilines is 1. The molecule has 1 aliphatic carbocycles. The van der Waals surface area contributed by atoms with E-state index in [1.165, 1.54) is 5.56 Å². The number of amides is 1. The highest BCUT2D eigenvalue weighted by molar-refractivity contribution is 6.05. The Labute approximate surface area is 104 Å². The van der Waals surface area contributed by atoms with Crippen LogP contribution < -0.4 is 5.32 Å². The number of fused-ring (bicyclic) bond motifs is 1. The van der Waals surface area contributed by atoms with Gasteiger partial charge in [0, 0.05) is 32.9 Å². The predicted molar refractivity (Wildman–Crippen MR) is 67.0 cm³/mol. The fraction of sp³-hybridized carbons (Fsp3) is 0.231. The predicted octanol–water partition coefficient (Wildman–Crippen LogP) is 1.33. The molecule has 1 aliphatic rings. The van der Waals surface area contributed by atoms with Crippen LogP contribution >= 0.6 is 0 Å². The highest BCUT2D eigenvalue weighted by Crippen LogP contribution is 2.33. The van der Waals surface area contributed by atoms with E-state index in [2.05, 4.69) is 5.32 Å². The van der Waals surface area contributed by atoms with Gasteiger partial charge in [0.2, 0.25) is 0 Å². The van der Waals surface area contributed by atoms with E-state index in [4.69, 9.17) is 0 Å². The van der Waals surface area contributed by atoms with Crippen molar-refractivity contribution in [3.8, 4) is 0 Å². The molecule has 3 rings (SSSR count). The molecule has 0 radical (unpaired) electrons. The third-order valence-electron chi connectivity index (χ3n) is 3.25. The van der Waals surface area contributed by atoms with Crippen LogP contribution in [0.4, 0.5) is 5.69 Å². The molecule has 0 spiro atoms. The molecule has 1 N–H and O–H groups in total. The Bertz CT molecular complexity index is 660. The van der Waals surface area contributed by atoms with Gasteiger partial charge >= 0.3 is 0 Å². The molecule has 0 atom stereocenters. The second-order valence-corrected chi connectivity index (χ2v) is 4.61. The molecule has 0 saturated carbocycles. The van der Waals surface area contributed by atoms with Crippen LogP contribution in [-0.2, 0) is 20.5 Å². The number of hydrogen-bond donors (Lipinski definition) is 1. The second-order valence-electron chi connectivity index (χ2n) is 4.61. The molecule has 18 heavy (non-hydrogen) atoms. The van der Waals surface area contributed by atoms with Crippen LogP contribution in [-0.4, -0.2) is 21.3 Å². The van der Waals surface area contributed by atoms with Crippen molar-refractivity contribution in [1.82, 2.24) is 9.13 Å². The summed E-state index contributed by atoms with van der Waals surface area (Å²) in [6.07, 6.45) is 5.39. The third kappa shape index (κ3) is 1.55. The third-order valence-corrected chi connectivity index (χ3v) is 3.25. The van der Waals surface area contributed by atoms with Gasteiger partial charge < -0.3 is 14.5 Å². The number of rotatable bonds is 3. The van der Waals surface area contributed by atoms with Gasteiger partial charge in [0.15, 0.2) is 6.29 Å². The lowest BCUT2D eigenvalue weighted by Crippen LogP contribution is -2.16. The van der Waals surface area contributed by atoms with Crippen molar-refractivity contribution in [3.05, 3.63) is 41.0 Å². The van der Waals surface area contributed by atoms with Crippen molar-refractivity contribution in [3.63, 3.8) is 0 Å². The first kappa shape index (κ1) is 10.8. The summed E-state index contributed by atoms with van der Waals surface area (Å²) in [5.41, 5.74) is 4.25. The van der Waals surface area contributed by atoms with Gasteiger partial charge in [-0.25, -0.2) is 0 Å². The Morgan fingerprint density at radius 3 is 2.67 bits per heavy atom. The van der Waals surface area contributed by atoms with Gasteiger partial charge in [0.1, 0.15) is 5.69 Å². The average molecular weight is 243 g/mol. The Balaban J connectivity index is 1.84. The molecular weight excluding hydrogens is 230 g/mol. The van der Waals surface area contributed by atoms with Gasteiger partial charge in [0.05, 0.1) is 11.4 Å². The van der Waals surface area contributed by atoms with Gasteiger partial charge in [-0.15, -0.1) is 0 Å². The number of carbonyl (C=O) groups is 2. The number of nitrogens with zero attached hydrogens (tertiary/aromatic N) is 2. The zero-order valence-electron chi connectivity index (χ0n) is 10.2. The van der Waals surface area contributed by atoms with Gasteiger partial charge in [-0.1, -0.05) is 0 Å². The van der Waals surface area contributed by atoms with Crippen molar-refractivity contribution in [2.75, 3.05) is 5.32 Å². The first-order chi connectivity index (χ1) is 8.60. The van der Waals surface area contributed by atoms with Crippen molar-refractivity contribution >= 4 is 17.9 Å². The number of nitrogens with one attached hydrogen (secondary N) is 1. The number of carbonyl (C=O) groups excluding carboxylic acids is 2. The van der Waals surface area contributed by atoms with Gasteiger partial charge in [-0.2, -0.15) is 0 Å². The Morgan fingerprint density at radius 2 is 2.11 bits per heavy atom. The first-order valence-electron chi connectivity index (χ1n) is 5.70. The van der Waals surface area contributed by atoms with E-state index in [9.17, 15) is 9.59 Å². The number of aldehydes is 1. The molecule has 0 unspecified atom stereocenters. The van der Waals surface area contributed by atoms with E-state index >= 15 is 0 Å². The SMILES string of the molecule is Cn1cc(NC(=O)c2c3c(cn2C)C3)cc1C=O. The van der Waals surface area contributed by atoms with Crippen molar-refractivity contribution in [1.29, 1.82) is 0 Å². The number of aryl methyl sites for hydroxylation is 2. The summed E-state index contributed by atoms with van der Waals surface area (Å²) in [6.45, 7) is 0. The normalized spacial score (nSPS) is 12.1. The zero-order chi connectivity index (χ0) is 12.9. The second kappa shape index (κ2) is 3.60. The van der Waals surface area contributed by atoms with Crippen molar-refractivity contribution < 1.29 is 9.59 Å². The Kier molecular flexibility index (Phi) is 2.16. The molecule has 0 aromatic carbocycles. The summed E-state index contributed by atoms with van der Waals surface area (Å²) in [5, 5.41) is 2.82. The van der Waals surface area contributed by atoms with Crippen LogP contribution in [0.1, 0.15) is 32.1 Å². The standard InChI is InChI=1S/C13H13N3O2/c1-15-6-9(4-10(15)7-17)14-13(18)12-11-3-8(11)5-16(12)2/h4-7H,3H2,1-2H3,(H,14,18). The minimum Gasteiger partial charge on any atom is -0.346 e. The van der Waals surface area contributed by atoms with Crippen LogP contribution in [0.25, 0.3) is 0 Å². The molecule has 0 aliphatic heterocycles. The fourth-order valence-corrected chi connectivity index (χ4v) is 2.27. The van der Waals surface area contributed by atoms with Gasteiger partial charge in [-0.05, 0) is 17.2 Å². The monoisotopic (exact) mass is 243 g/mol. The van der Waals surface area contributed by atoms with E-state index in [-0.39, 0.29) is 5.91 Å². The van der Waals surface area contributed by atoms with Gasteiger partial charge in [0.25, 0.3) is 5.91 Å². The molecule has 0 fully saturated rings. The van der Waals surface area contributed by atoms with Crippen LogP contribution in [0.15, 0.2) is 18.5 Å². The molecule has 0 saturated heterocycles. The van der Waals surface area contributed by atoms with Crippen LogP contribution in [0, 0.1) is 0 Å². The van der Waals surface area contributed by atoms with Crippen LogP contribution in [0.5, 0.6) is 0 Å². The zero-order valence-corrected chi connectivity index (χ0v) is 10.2. The van der Waals surface area contributed by atoms with E-state index < -0.39 is 0 Å².